The molecule has 94 valence electrons. The number of rotatable bonds is 3. The Balaban J connectivity index is 2.53. The maximum absolute atomic E-state index is 10.2. The van der Waals surface area contributed by atoms with Crippen molar-refractivity contribution in [3.8, 4) is 11.5 Å². The minimum Gasteiger partial charge on any atom is -0.504 e. The predicted octanol–water partition coefficient (Wildman–Crippen LogP) is 2.86. The van der Waals surface area contributed by atoms with Crippen molar-refractivity contribution in [1.82, 2.24) is 0 Å². The predicted molar refractivity (Wildman–Crippen MR) is 68.5 cm³/mol. The average Bonchev–Trinajstić information content (AvgIpc) is 2.26. The molecule has 0 aliphatic heterocycles. The second-order valence-corrected chi connectivity index (χ2v) is 5.28. The maximum atomic E-state index is 10.2. The molecule has 0 heterocycles. The lowest BCUT2D eigenvalue weighted by Crippen LogP contribution is -2.43. The van der Waals surface area contributed by atoms with Crippen LogP contribution in [0.3, 0.4) is 0 Å². The molecule has 1 aliphatic rings. The molecule has 1 aliphatic carbocycles. The SMILES string of the molecule is COc1cc(C(C)C)cc(C2(N)CCC2)c1O. The number of hydrogen-bond acceptors (Lipinski definition) is 3. The van der Waals surface area contributed by atoms with Crippen molar-refractivity contribution < 1.29 is 9.84 Å². The number of phenolic OH excluding ortho intramolecular Hbond substituents is 1. The van der Waals surface area contributed by atoms with E-state index >= 15 is 0 Å². The third-order valence-electron chi connectivity index (χ3n) is 3.77. The first-order valence-corrected chi connectivity index (χ1v) is 6.18. The average molecular weight is 235 g/mol. The first kappa shape index (κ1) is 12.2. The Morgan fingerprint density at radius 1 is 1.35 bits per heavy atom. The summed E-state index contributed by atoms with van der Waals surface area (Å²) in [6, 6.07) is 3.92. The van der Waals surface area contributed by atoms with E-state index in [9.17, 15) is 5.11 Å². The summed E-state index contributed by atoms with van der Waals surface area (Å²) in [5, 5.41) is 10.2. The summed E-state index contributed by atoms with van der Waals surface area (Å²) in [6.07, 6.45) is 3.00. The topological polar surface area (TPSA) is 55.5 Å². The summed E-state index contributed by atoms with van der Waals surface area (Å²) in [4.78, 5) is 0. The van der Waals surface area contributed by atoms with Crippen molar-refractivity contribution in [2.75, 3.05) is 7.11 Å². The summed E-state index contributed by atoms with van der Waals surface area (Å²) in [6.45, 7) is 4.25. The third kappa shape index (κ3) is 2.00. The molecular weight excluding hydrogens is 214 g/mol. The molecule has 3 heteroatoms. The zero-order valence-corrected chi connectivity index (χ0v) is 10.8. The summed E-state index contributed by atoms with van der Waals surface area (Å²) in [7, 11) is 1.58. The molecule has 0 unspecified atom stereocenters. The molecule has 0 saturated heterocycles. The molecule has 0 atom stereocenters. The number of aromatic hydroxyl groups is 1. The van der Waals surface area contributed by atoms with Gasteiger partial charge >= 0.3 is 0 Å². The number of hydrogen-bond donors (Lipinski definition) is 2. The minimum atomic E-state index is -0.359. The van der Waals surface area contributed by atoms with Crippen molar-refractivity contribution in [2.45, 2.75) is 44.6 Å². The van der Waals surface area contributed by atoms with Gasteiger partial charge < -0.3 is 15.6 Å². The van der Waals surface area contributed by atoms with Crippen LogP contribution in [0.25, 0.3) is 0 Å². The number of benzene rings is 1. The van der Waals surface area contributed by atoms with Crippen molar-refractivity contribution in [2.24, 2.45) is 5.73 Å². The van der Waals surface area contributed by atoms with E-state index in [0.29, 0.717) is 11.7 Å². The molecule has 0 radical (unpaired) electrons. The molecule has 2 rings (SSSR count). The van der Waals surface area contributed by atoms with Crippen LogP contribution in [0.15, 0.2) is 12.1 Å². The maximum Gasteiger partial charge on any atom is 0.162 e. The third-order valence-corrected chi connectivity index (χ3v) is 3.77. The van der Waals surface area contributed by atoms with Gasteiger partial charge in [-0.05, 0) is 42.9 Å². The number of ether oxygens (including phenoxy) is 1. The lowest BCUT2D eigenvalue weighted by Gasteiger charge is -2.39. The lowest BCUT2D eigenvalue weighted by atomic mass is 9.71. The van der Waals surface area contributed by atoms with Crippen LogP contribution >= 0.6 is 0 Å². The van der Waals surface area contributed by atoms with Gasteiger partial charge in [0.1, 0.15) is 0 Å². The summed E-state index contributed by atoms with van der Waals surface area (Å²) < 4.78 is 5.23. The first-order valence-electron chi connectivity index (χ1n) is 6.18. The van der Waals surface area contributed by atoms with E-state index in [1.807, 2.05) is 12.1 Å². The second kappa shape index (κ2) is 4.22. The quantitative estimate of drug-likeness (QED) is 0.847. The highest BCUT2D eigenvalue weighted by Gasteiger charge is 2.37. The normalized spacial score (nSPS) is 17.9. The van der Waals surface area contributed by atoms with Crippen molar-refractivity contribution in [1.29, 1.82) is 0 Å². The molecule has 3 N–H and O–H groups in total. The fourth-order valence-corrected chi connectivity index (χ4v) is 2.32. The Kier molecular flexibility index (Phi) is 3.04. The van der Waals surface area contributed by atoms with Crippen molar-refractivity contribution in [3.05, 3.63) is 23.3 Å². The highest BCUT2D eigenvalue weighted by molar-refractivity contribution is 5.52. The van der Waals surface area contributed by atoms with Crippen LogP contribution in [0.5, 0.6) is 11.5 Å². The Labute approximate surface area is 103 Å². The molecule has 1 saturated carbocycles. The second-order valence-electron chi connectivity index (χ2n) is 5.28. The van der Waals surface area contributed by atoms with Gasteiger partial charge in [0, 0.05) is 11.1 Å². The zero-order valence-electron chi connectivity index (χ0n) is 10.8. The van der Waals surface area contributed by atoms with E-state index in [4.69, 9.17) is 10.5 Å². The molecule has 1 aromatic rings. The van der Waals surface area contributed by atoms with Gasteiger partial charge in [-0.15, -0.1) is 0 Å². The molecule has 1 aromatic carbocycles. The van der Waals surface area contributed by atoms with E-state index in [-0.39, 0.29) is 11.3 Å². The fraction of sp³-hybridized carbons (Fsp3) is 0.571. The Hall–Kier alpha value is -1.22. The van der Waals surface area contributed by atoms with Gasteiger partial charge in [-0.2, -0.15) is 0 Å². The van der Waals surface area contributed by atoms with Crippen molar-refractivity contribution >= 4 is 0 Å². The molecule has 0 aromatic heterocycles. The summed E-state index contributed by atoms with van der Waals surface area (Å²) >= 11 is 0. The van der Waals surface area contributed by atoms with E-state index in [0.717, 1.165) is 30.4 Å². The Morgan fingerprint density at radius 2 is 2.00 bits per heavy atom. The number of phenols is 1. The van der Waals surface area contributed by atoms with E-state index in [1.165, 1.54) is 0 Å². The van der Waals surface area contributed by atoms with Crippen LogP contribution in [-0.4, -0.2) is 12.2 Å². The molecule has 0 spiro atoms. The van der Waals surface area contributed by atoms with Crippen LogP contribution in [0, 0.1) is 0 Å². The molecule has 1 fully saturated rings. The fourth-order valence-electron chi connectivity index (χ4n) is 2.32. The minimum absolute atomic E-state index is 0.208. The van der Waals surface area contributed by atoms with E-state index < -0.39 is 0 Å². The number of nitrogens with two attached hydrogens (primary N) is 1. The van der Waals surface area contributed by atoms with Crippen LogP contribution in [-0.2, 0) is 5.54 Å². The summed E-state index contributed by atoms with van der Waals surface area (Å²) in [5.74, 6) is 1.13. The smallest absolute Gasteiger partial charge is 0.162 e. The van der Waals surface area contributed by atoms with Crippen LogP contribution in [0.4, 0.5) is 0 Å². The van der Waals surface area contributed by atoms with Gasteiger partial charge in [-0.1, -0.05) is 13.8 Å². The van der Waals surface area contributed by atoms with Gasteiger partial charge in [0.15, 0.2) is 11.5 Å². The zero-order chi connectivity index (χ0) is 12.6. The highest BCUT2D eigenvalue weighted by atomic mass is 16.5. The lowest BCUT2D eigenvalue weighted by molar-refractivity contribution is 0.242. The highest BCUT2D eigenvalue weighted by Crippen LogP contribution is 2.46. The molecule has 17 heavy (non-hydrogen) atoms. The standard InChI is InChI=1S/C14H21NO2/c1-9(2)10-7-11(14(15)5-4-6-14)13(16)12(8-10)17-3/h7-9,16H,4-6,15H2,1-3H3. The summed E-state index contributed by atoms with van der Waals surface area (Å²) in [5.41, 5.74) is 7.94. The molecular formula is C14H21NO2. The van der Waals surface area contributed by atoms with Gasteiger partial charge in [-0.3, -0.25) is 0 Å². The van der Waals surface area contributed by atoms with Gasteiger partial charge in [-0.25, -0.2) is 0 Å². The first-order chi connectivity index (χ1) is 7.98. The largest absolute Gasteiger partial charge is 0.504 e. The van der Waals surface area contributed by atoms with Crippen LogP contribution in [0.2, 0.25) is 0 Å². The van der Waals surface area contributed by atoms with Crippen LogP contribution in [0.1, 0.15) is 50.2 Å². The van der Waals surface area contributed by atoms with Gasteiger partial charge in [0.2, 0.25) is 0 Å². The van der Waals surface area contributed by atoms with Gasteiger partial charge in [0.25, 0.3) is 0 Å². The van der Waals surface area contributed by atoms with Gasteiger partial charge in [0.05, 0.1) is 7.11 Å². The Bertz CT molecular complexity index is 422. The van der Waals surface area contributed by atoms with E-state index in [1.54, 1.807) is 7.11 Å². The van der Waals surface area contributed by atoms with Crippen molar-refractivity contribution in [3.63, 3.8) is 0 Å². The molecule has 3 nitrogen and oxygen atoms in total. The monoisotopic (exact) mass is 235 g/mol. The van der Waals surface area contributed by atoms with E-state index in [2.05, 4.69) is 13.8 Å². The molecule has 0 amide bonds. The number of methoxy groups -OCH3 is 1. The molecule has 0 bridgehead atoms. The van der Waals surface area contributed by atoms with Crippen LogP contribution < -0.4 is 10.5 Å². The Morgan fingerprint density at radius 3 is 2.41 bits per heavy atom.